The molecule has 21 heavy (non-hydrogen) atoms. The molecular weight excluding hydrogens is 262 g/mol. The van der Waals surface area contributed by atoms with Crippen LogP contribution in [0.5, 0.6) is 0 Å². The summed E-state index contributed by atoms with van der Waals surface area (Å²) in [6.07, 6.45) is 8.71. The van der Waals surface area contributed by atoms with Crippen molar-refractivity contribution in [3.05, 3.63) is 30.0 Å². The number of allylic oxidation sites excluding steroid dienone is 1. The molecule has 1 saturated heterocycles. The number of aliphatic imine (C=N–C) groups is 1. The smallest absolute Gasteiger partial charge is 0.110 e. The van der Waals surface area contributed by atoms with Gasteiger partial charge in [-0.15, -0.1) is 0 Å². The fraction of sp³-hybridized carbons (Fsp3) is 0.625. The van der Waals surface area contributed by atoms with E-state index in [0.717, 1.165) is 37.0 Å². The molecule has 2 aliphatic rings. The van der Waals surface area contributed by atoms with E-state index < -0.39 is 0 Å². The summed E-state index contributed by atoms with van der Waals surface area (Å²) >= 11 is 0. The molecule has 1 aromatic rings. The Bertz CT molecular complexity index is 549. The third-order valence-electron chi connectivity index (χ3n) is 4.37. The van der Waals surface area contributed by atoms with Gasteiger partial charge in [-0.1, -0.05) is 0 Å². The summed E-state index contributed by atoms with van der Waals surface area (Å²) < 4.78 is 2.25. The zero-order valence-electron chi connectivity index (χ0n) is 13.2. The molecule has 3 heterocycles. The van der Waals surface area contributed by atoms with Gasteiger partial charge in [-0.05, 0) is 52.8 Å². The van der Waals surface area contributed by atoms with Crippen LogP contribution < -0.4 is 5.32 Å². The molecule has 0 aromatic carbocycles. The van der Waals surface area contributed by atoms with Gasteiger partial charge in [0.05, 0.1) is 17.6 Å². The van der Waals surface area contributed by atoms with Crippen molar-refractivity contribution in [3.8, 4) is 0 Å². The van der Waals surface area contributed by atoms with Gasteiger partial charge in [-0.25, -0.2) is 4.98 Å². The number of nitrogens with one attached hydrogen (secondary N) is 1. The molecule has 1 N–H and O–H groups in total. The molecule has 5 heteroatoms. The predicted octanol–water partition coefficient (Wildman–Crippen LogP) is 2.10. The predicted molar refractivity (Wildman–Crippen MR) is 85.6 cm³/mol. The highest BCUT2D eigenvalue weighted by Gasteiger charge is 2.21. The topological polar surface area (TPSA) is 45.5 Å². The molecule has 1 aromatic heterocycles. The summed E-state index contributed by atoms with van der Waals surface area (Å²) in [5.41, 5.74) is 2.18. The Hall–Kier alpha value is -1.62. The summed E-state index contributed by atoms with van der Waals surface area (Å²) in [5, 5.41) is 3.41. The molecule has 0 aliphatic carbocycles. The maximum Gasteiger partial charge on any atom is 0.110 e. The van der Waals surface area contributed by atoms with Crippen molar-refractivity contribution >= 4 is 5.71 Å². The Labute approximate surface area is 126 Å². The van der Waals surface area contributed by atoms with Crippen LogP contribution in [-0.4, -0.2) is 46.0 Å². The zero-order valence-corrected chi connectivity index (χ0v) is 13.2. The average molecular weight is 287 g/mol. The largest absolute Gasteiger partial charge is 0.355 e. The maximum absolute atomic E-state index is 4.79. The standard InChI is InChI=1S/C16H25N5/c1-12(2)21-13(3)18-10-16(21)15-6-9-20(11-19-15)14-4-7-17-8-5-14/h6,9-10,12,14,17H,4-5,7-8,11H2,1-3H3. The van der Waals surface area contributed by atoms with Crippen molar-refractivity contribution < 1.29 is 0 Å². The second-order valence-corrected chi connectivity index (χ2v) is 6.15. The first kappa shape index (κ1) is 14.3. The van der Waals surface area contributed by atoms with Crippen LogP contribution in [0.3, 0.4) is 0 Å². The van der Waals surface area contributed by atoms with E-state index in [0.29, 0.717) is 12.1 Å². The van der Waals surface area contributed by atoms with Crippen LogP contribution >= 0.6 is 0 Å². The van der Waals surface area contributed by atoms with Crippen LogP contribution in [0.1, 0.15) is 44.2 Å². The Kier molecular flexibility index (Phi) is 4.10. The first-order valence-electron chi connectivity index (χ1n) is 7.90. The molecule has 0 spiro atoms. The third-order valence-corrected chi connectivity index (χ3v) is 4.37. The van der Waals surface area contributed by atoms with E-state index in [1.807, 2.05) is 6.20 Å². The molecular formula is C16H25N5. The minimum Gasteiger partial charge on any atom is -0.355 e. The van der Waals surface area contributed by atoms with Gasteiger partial charge in [0.1, 0.15) is 12.5 Å². The Morgan fingerprint density at radius 1 is 1.29 bits per heavy atom. The SMILES string of the molecule is Cc1ncc(C2=NCN(C3CCNCC3)C=C2)n1C(C)C. The first-order chi connectivity index (χ1) is 10.2. The Balaban J connectivity index is 1.75. The molecule has 114 valence electrons. The van der Waals surface area contributed by atoms with Crippen molar-refractivity contribution in [1.29, 1.82) is 0 Å². The maximum atomic E-state index is 4.79. The van der Waals surface area contributed by atoms with Gasteiger partial charge in [0.15, 0.2) is 0 Å². The van der Waals surface area contributed by atoms with E-state index in [9.17, 15) is 0 Å². The lowest BCUT2D eigenvalue weighted by molar-refractivity contribution is 0.229. The van der Waals surface area contributed by atoms with Crippen LogP contribution in [0.4, 0.5) is 0 Å². The number of piperidine rings is 1. The Morgan fingerprint density at radius 3 is 2.67 bits per heavy atom. The number of imidazole rings is 1. The van der Waals surface area contributed by atoms with Crippen molar-refractivity contribution in [2.45, 2.75) is 45.7 Å². The minimum atomic E-state index is 0.404. The van der Waals surface area contributed by atoms with Gasteiger partial charge in [-0.2, -0.15) is 0 Å². The normalized spacial score (nSPS) is 20.2. The van der Waals surface area contributed by atoms with Crippen molar-refractivity contribution in [3.63, 3.8) is 0 Å². The number of aryl methyl sites for hydroxylation is 1. The van der Waals surface area contributed by atoms with Crippen LogP contribution in [0.2, 0.25) is 0 Å². The number of rotatable bonds is 3. The highest BCUT2D eigenvalue weighted by atomic mass is 15.2. The van der Waals surface area contributed by atoms with Gasteiger partial charge in [0.25, 0.3) is 0 Å². The summed E-state index contributed by atoms with van der Waals surface area (Å²) in [7, 11) is 0. The summed E-state index contributed by atoms with van der Waals surface area (Å²) in [4.78, 5) is 11.6. The first-order valence-corrected chi connectivity index (χ1v) is 7.90. The highest BCUT2D eigenvalue weighted by molar-refractivity contribution is 6.07. The molecule has 0 amide bonds. The van der Waals surface area contributed by atoms with Crippen molar-refractivity contribution in [1.82, 2.24) is 19.8 Å². The minimum absolute atomic E-state index is 0.404. The van der Waals surface area contributed by atoms with Gasteiger partial charge >= 0.3 is 0 Å². The second kappa shape index (κ2) is 6.02. The summed E-state index contributed by atoms with van der Waals surface area (Å²) in [6.45, 7) is 9.42. The lowest BCUT2D eigenvalue weighted by atomic mass is 10.1. The van der Waals surface area contributed by atoms with Crippen LogP contribution in [0, 0.1) is 6.92 Å². The molecule has 0 saturated carbocycles. The van der Waals surface area contributed by atoms with Gasteiger partial charge in [0, 0.05) is 18.3 Å². The van der Waals surface area contributed by atoms with Gasteiger partial charge in [0.2, 0.25) is 0 Å². The Morgan fingerprint density at radius 2 is 2.05 bits per heavy atom. The monoisotopic (exact) mass is 287 g/mol. The molecule has 5 nitrogen and oxygen atoms in total. The number of hydrogen-bond donors (Lipinski definition) is 1. The van der Waals surface area contributed by atoms with Crippen LogP contribution in [0.15, 0.2) is 23.5 Å². The number of hydrogen-bond acceptors (Lipinski definition) is 4. The van der Waals surface area contributed by atoms with E-state index >= 15 is 0 Å². The van der Waals surface area contributed by atoms with E-state index in [1.165, 1.54) is 12.8 Å². The lowest BCUT2D eigenvalue weighted by Gasteiger charge is -2.34. The zero-order chi connectivity index (χ0) is 14.8. The van der Waals surface area contributed by atoms with Crippen molar-refractivity contribution in [2.75, 3.05) is 19.8 Å². The van der Waals surface area contributed by atoms with Crippen LogP contribution in [0.25, 0.3) is 0 Å². The lowest BCUT2D eigenvalue weighted by Crippen LogP contribution is -2.41. The fourth-order valence-electron chi connectivity index (χ4n) is 3.26. The number of aromatic nitrogens is 2. The van der Waals surface area contributed by atoms with E-state index in [4.69, 9.17) is 4.99 Å². The second-order valence-electron chi connectivity index (χ2n) is 6.15. The van der Waals surface area contributed by atoms with Gasteiger partial charge < -0.3 is 14.8 Å². The van der Waals surface area contributed by atoms with E-state index in [2.05, 4.69) is 52.8 Å². The van der Waals surface area contributed by atoms with Gasteiger partial charge in [-0.3, -0.25) is 4.99 Å². The molecule has 0 unspecified atom stereocenters. The van der Waals surface area contributed by atoms with Crippen molar-refractivity contribution in [2.24, 2.45) is 4.99 Å². The molecule has 0 bridgehead atoms. The molecule has 3 rings (SSSR count). The van der Waals surface area contributed by atoms with Crippen LogP contribution in [-0.2, 0) is 0 Å². The molecule has 0 radical (unpaired) electrons. The molecule has 0 atom stereocenters. The fourth-order valence-corrected chi connectivity index (χ4v) is 3.26. The molecule has 1 fully saturated rings. The quantitative estimate of drug-likeness (QED) is 0.926. The summed E-state index contributed by atoms with van der Waals surface area (Å²) in [6, 6.07) is 1.03. The molecule has 2 aliphatic heterocycles. The summed E-state index contributed by atoms with van der Waals surface area (Å²) in [5.74, 6) is 1.05. The van der Waals surface area contributed by atoms with E-state index in [1.54, 1.807) is 0 Å². The highest BCUT2D eigenvalue weighted by Crippen LogP contribution is 2.19. The number of nitrogens with zero attached hydrogens (tertiary/aromatic N) is 4. The average Bonchev–Trinajstić information content (AvgIpc) is 2.90. The third kappa shape index (κ3) is 2.88. The van der Waals surface area contributed by atoms with E-state index in [-0.39, 0.29) is 0 Å².